The predicted octanol–water partition coefficient (Wildman–Crippen LogP) is 3.35. The van der Waals surface area contributed by atoms with Crippen molar-refractivity contribution in [1.82, 2.24) is 4.90 Å². The molecule has 1 saturated heterocycles. The first-order valence-corrected chi connectivity index (χ1v) is 6.43. The molecular formula is C15H20N2. The Morgan fingerprint density at radius 3 is 2.41 bits per heavy atom. The molecule has 1 unspecified atom stereocenters. The minimum atomic E-state index is -0.0606. The van der Waals surface area contributed by atoms with Crippen molar-refractivity contribution in [2.24, 2.45) is 0 Å². The molecule has 2 heteroatoms. The molecule has 0 N–H and O–H groups in total. The molecule has 1 fully saturated rings. The fraction of sp³-hybridized carbons (Fsp3) is 0.533. The molecule has 1 heterocycles. The number of rotatable bonds is 2. The van der Waals surface area contributed by atoms with E-state index in [1.165, 1.54) is 30.4 Å². The number of hydrogen-bond acceptors (Lipinski definition) is 2. The molecule has 0 radical (unpaired) electrons. The van der Waals surface area contributed by atoms with Crippen molar-refractivity contribution in [2.45, 2.75) is 39.2 Å². The quantitative estimate of drug-likeness (QED) is 0.776. The van der Waals surface area contributed by atoms with Gasteiger partial charge in [0, 0.05) is 0 Å². The Kier molecular flexibility index (Phi) is 3.81. The predicted molar refractivity (Wildman–Crippen MR) is 69.7 cm³/mol. The van der Waals surface area contributed by atoms with Crippen molar-refractivity contribution in [1.29, 1.82) is 5.26 Å². The number of aryl methyl sites for hydroxylation is 2. The van der Waals surface area contributed by atoms with Crippen LogP contribution in [0.25, 0.3) is 0 Å². The third-order valence-corrected chi connectivity index (χ3v) is 3.72. The Morgan fingerprint density at radius 1 is 1.12 bits per heavy atom. The lowest BCUT2D eigenvalue weighted by Gasteiger charge is -2.30. The smallest absolute Gasteiger partial charge is 0.123 e. The van der Waals surface area contributed by atoms with Crippen LogP contribution in [0.3, 0.4) is 0 Å². The van der Waals surface area contributed by atoms with Crippen LogP contribution in [0.1, 0.15) is 42.0 Å². The number of hydrogen-bond donors (Lipinski definition) is 0. The lowest BCUT2D eigenvalue weighted by Crippen LogP contribution is -2.33. The Hall–Kier alpha value is -1.33. The number of nitrogens with zero attached hydrogens (tertiary/aromatic N) is 2. The van der Waals surface area contributed by atoms with Crippen molar-refractivity contribution in [3.8, 4) is 6.07 Å². The third-order valence-electron chi connectivity index (χ3n) is 3.72. The van der Waals surface area contributed by atoms with E-state index < -0.39 is 0 Å². The van der Waals surface area contributed by atoms with Crippen LogP contribution in [0, 0.1) is 25.2 Å². The highest BCUT2D eigenvalue weighted by atomic mass is 15.2. The highest BCUT2D eigenvalue weighted by Crippen LogP contribution is 2.25. The molecule has 1 aliphatic heterocycles. The van der Waals surface area contributed by atoms with E-state index in [0.29, 0.717) is 0 Å². The normalized spacial score (nSPS) is 18.6. The monoisotopic (exact) mass is 228 g/mol. The second kappa shape index (κ2) is 5.33. The van der Waals surface area contributed by atoms with Crippen LogP contribution in [0.2, 0.25) is 0 Å². The maximum atomic E-state index is 9.40. The van der Waals surface area contributed by atoms with E-state index in [1.54, 1.807) is 0 Å². The lowest BCUT2D eigenvalue weighted by atomic mass is 9.99. The lowest BCUT2D eigenvalue weighted by molar-refractivity contribution is 0.196. The van der Waals surface area contributed by atoms with Gasteiger partial charge in [0.1, 0.15) is 6.04 Å². The molecule has 1 aromatic rings. The van der Waals surface area contributed by atoms with E-state index in [0.717, 1.165) is 18.7 Å². The molecular weight excluding hydrogens is 208 g/mol. The van der Waals surface area contributed by atoms with Crippen molar-refractivity contribution in [3.63, 3.8) is 0 Å². The zero-order chi connectivity index (χ0) is 12.3. The Balaban J connectivity index is 2.22. The summed E-state index contributed by atoms with van der Waals surface area (Å²) >= 11 is 0. The first-order valence-electron chi connectivity index (χ1n) is 6.43. The zero-order valence-corrected chi connectivity index (χ0v) is 10.7. The van der Waals surface area contributed by atoms with Gasteiger partial charge in [-0.15, -0.1) is 0 Å². The maximum absolute atomic E-state index is 9.40. The van der Waals surface area contributed by atoms with Crippen LogP contribution in [0.4, 0.5) is 0 Å². The van der Waals surface area contributed by atoms with Gasteiger partial charge in [-0.05, 0) is 56.5 Å². The SMILES string of the molecule is Cc1ccc(C(C#N)N2CCCCC2)cc1C. The molecule has 0 spiro atoms. The minimum Gasteiger partial charge on any atom is -0.284 e. The van der Waals surface area contributed by atoms with Gasteiger partial charge < -0.3 is 0 Å². The molecule has 1 atom stereocenters. The zero-order valence-electron chi connectivity index (χ0n) is 10.7. The van der Waals surface area contributed by atoms with Crippen LogP contribution in [-0.4, -0.2) is 18.0 Å². The molecule has 0 amide bonds. The van der Waals surface area contributed by atoms with E-state index >= 15 is 0 Å². The highest BCUT2D eigenvalue weighted by molar-refractivity contribution is 5.34. The summed E-state index contributed by atoms with van der Waals surface area (Å²) in [6.45, 7) is 6.35. The molecule has 2 nitrogen and oxygen atoms in total. The summed E-state index contributed by atoms with van der Waals surface area (Å²) in [5, 5.41) is 9.40. The Morgan fingerprint density at radius 2 is 1.82 bits per heavy atom. The van der Waals surface area contributed by atoms with Crippen LogP contribution in [0.5, 0.6) is 0 Å². The van der Waals surface area contributed by atoms with Gasteiger partial charge in [0.2, 0.25) is 0 Å². The van der Waals surface area contributed by atoms with E-state index in [9.17, 15) is 5.26 Å². The van der Waals surface area contributed by atoms with E-state index in [1.807, 2.05) is 0 Å². The minimum absolute atomic E-state index is 0.0606. The van der Waals surface area contributed by atoms with Crippen molar-refractivity contribution >= 4 is 0 Å². The van der Waals surface area contributed by atoms with E-state index in [-0.39, 0.29) is 6.04 Å². The second-order valence-corrected chi connectivity index (χ2v) is 4.97. The highest BCUT2D eigenvalue weighted by Gasteiger charge is 2.21. The summed E-state index contributed by atoms with van der Waals surface area (Å²) in [6, 6.07) is 8.79. The van der Waals surface area contributed by atoms with Gasteiger partial charge in [-0.25, -0.2) is 0 Å². The number of benzene rings is 1. The summed E-state index contributed by atoms with van der Waals surface area (Å²) in [5.74, 6) is 0. The van der Waals surface area contributed by atoms with Crippen LogP contribution < -0.4 is 0 Å². The van der Waals surface area contributed by atoms with Crippen molar-refractivity contribution in [2.75, 3.05) is 13.1 Å². The second-order valence-electron chi connectivity index (χ2n) is 4.97. The topological polar surface area (TPSA) is 27.0 Å². The van der Waals surface area contributed by atoms with Crippen LogP contribution >= 0.6 is 0 Å². The summed E-state index contributed by atoms with van der Waals surface area (Å²) in [6.07, 6.45) is 3.76. The summed E-state index contributed by atoms with van der Waals surface area (Å²) in [7, 11) is 0. The van der Waals surface area contributed by atoms with Crippen molar-refractivity contribution < 1.29 is 0 Å². The van der Waals surface area contributed by atoms with Gasteiger partial charge in [-0.3, -0.25) is 4.90 Å². The average molecular weight is 228 g/mol. The first kappa shape index (κ1) is 12.1. The van der Waals surface area contributed by atoms with E-state index in [2.05, 4.69) is 43.0 Å². The van der Waals surface area contributed by atoms with Gasteiger partial charge >= 0.3 is 0 Å². The molecule has 0 aromatic heterocycles. The van der Waals surface area contributed by atoms with Gasteiger partial charge in [0.05, 0.1) is 6.07 Å². The molecule has 1 aliphatic rings. The largest absolute Gasteiger partial charge is 0.284 e. The average Bonchev–Trinajstić information content (AvgIpc) is 2.36. The Labute approximate surface area is 104 Å². The van der Waals surface area contributed by atoms with Crippen molar-refractivity contribution in [3.05, 3.63) is 34.9 Å². The van der Waals surface area contributed by atoms with Crippen LogP contribution in [-0.2, 0) is 0 Å². The first-order chi connectivity index (χ1) is 8.22. The maximum Gasteiger partial charge on any atom is 0.123 e. The molecule has 0 bridgehead atoms. The number of nitriles is 1. The van der Waals surface area contributed by atoms with Gasteiger partial charge in [-0.2, -0.15) is 5.26 Å². The molecule has 0 saturated carbocycles. The fourth-order valence-electron chi connectivity index (χ4n) is 2.48. The molecule has 1 aromatic carbocycles. The Bertz CT molecular complexity index is 425. The van der Waals surface area contributed by atoms with Gasteiger partial charge in [0.15, 0.2) is 0 Å². The third kappa shape index (κ3) is 2.68. The molecule has 17 heavy (non-hydrogen) atoms. The molecule has 2 rings (SSSR count). The summed E-state index contributed by atoms with van der Waals surface area (Å²) < 4.78 is 0. The standard InChI is InChI=1S/C15H20N2/c1-12-6-7-14(10-13(12)2)15(11-16)17-8-4-3-5-9-17/h6-7,10,15H,3-5,8-9H2,1-2H3. The van der Waals surface area contributed by atoms with Crippen LogP contribution in [0.15, 0.2) is 18.2 Å². The molecule has 90 valence electrons. The van der Waals surface area contributed by atoms with E-state index in [4.69, 9.17) is 0 Å². The van der Waals surface area contributed by atoms with Gasteiger partial charge in [0.25, 0.3) is 0 Å². The number of likely N-dealkylation sites (tertiary alicyclic amines) is 1. The summed E-state index contributed by atoms with van der Waals surface area (Å²) in [5.41, 5.74) is 3.72. The number of piperidine rings is 1. The molecule has 0 aliphatic carbocycles. The summed E-state index contributed by atoms with van der Waals surface area (Å²) in [4.78, 5) is 2.31. The van der Waals surface area contributed by atoms with Gasteiger partial charge in [-0.1, -0.05) is 24.6 Å². The fourth-order valence-corrected chi connectivity index (χ4v) is 2.48.